The summed E-state index contributed by atoms with van der Waals surface area (Å²) in [7, 11) is 2.01. The lowest BCUT2D eigenvalue weighted by Gasteiger charge is -2.27. The van der Waals surface area contributed by atoms with Crippen molar-refractivity contribution in [2.75, 3.05) is 7.05 Å². The van der Waals surface area contributed by atoms with Crippen molar-refractivity contribution in [2.24, 2.45) is 5.92 Å². The van der Waals surface area contributed by atoms with Gasteiger partial charge in [0.1, 0.15) is 13.0 Å². The van der Waals surface area contributed by atoms with Crippen LogP contribution in [0.25, 0.3) is 10.9 Å². The van der Waals surface area contributed by atoms with E-state index < -0.39 is 5.92 Å². The summed E-state index contributed by atoms with van der Waals surface area (Å²) in [5.41, 5.74) is 6.40. The number of hydrogen-bond acceptors (Lipinski definition) is 2. The van der Waals surface area contributed by atoms with Gasteiger partial charge >= 0.3 is 0 Å². The highest BCUT2D eigenvalue weighted by atomic mass is 16.2. The third-order valence-electron chi connectivity index (χ3n) is 7.78. The molecule has 0 saturated heterocycles. The van der Waals surface area contributed by atoms with Gasteiger partial charge in [0.15, 0.2) is 17.3 Å². The molecule has 4 nitrogen and oxygen atoms in total. The second-order valence-corrected chi connectivity index (χ2v) is 10.7. The molecule has 34 heavy (non-hydrogen) atoms. The average Bonchev–Trinajstić information content (AvgIpc) is 3.19. The van der Waals surface area contributed by atoms with E-state index >= 15 is 0 Å². The van der Waals surface area contributed by atoms with Crippen molar-refractivity contribution >= 4 is 33.9 Å². The number of aryl methyl sites for hydroxylation is 1. The second-order valence-electron chi connectivity index (χ2n) is 10.7. The molecule has 1 aliphatic carbocycles. The van der Waals surface area contributed by atoms with E-state index in [2.05, 4.69) is 62.0 Å². The number of ketones is 2. The number of allylic oxidation sites excluding steroid dienone is 2. The number of para-hydroxylation sites is 2. The molecule has 0 atom stereocenters. The number of fused-ring (bicyclic) bond motifs is 2. The first-order valence-electron chi connectivity index (χ1n) is 12.2. The Kier molecular flexibility index (Phi) is 5.23. The summed E-state index contributed by atoms with van der Waals surface area (Å²) >= 11 is 0. The van der Waals surface area contributed by atoms with E-state index in [0.29, 0.717) is 11.5 Å². The van der Waals surface area contributed by atoms with Gasteiger partial charge in [-0.05, 0) is 44.7 Å². The third-order valence-corrected chi connectivity index (χ3v) is 7.78. The van der Waals surface area contributed by atoms with Gasteiger partial charge in [-0.15, -0.1) is 0 Å². The average molecular weight is 454 g/mol. The Hall–Kier alpha value is -3.27. The standard InChI is InChI=1S/C30H33N2O2/c1-18(2)15-16-32-19(3)26(20-11-7-9-13-23(20)32)27-28(33)21(29(27)34)17-25-30(4,5)22-12-8-10-14-24(22)31(25)6/h7-14,17-18,27H,15-16H2,1-6H3/q+1. The fourth-order valence-electron chi connectivity index (χ4n) is 5.77. The van der Waals surface area contributed by atoms with Gasteiger partial charge in [-0.2, -0.15) is 4.58 Å². The number of Topliss-reactive ketones (excluding diaryl/α,β-unsaturated/α-hetero) is 2. The minimum absolute atomic E-state index is 0.0625. The van der Waals surface area contributed by atoms with Crippen molar-refractivity contribution in [2.45, 2.75) is 58.9 Å². The van der Waals surface area contributed by atoms with Crippen LogP contribution in [0.2, 0.25) is 0 Å². The maximum Gasteiger partial charge on any atom is 0.209 e. The normalized spacial score (nSPS) is 19.3. The molecule has 0 amide bonds. The molecule has 1 aliphatic heterocycles. The monoisotopic (exact) mass is 453 g/mol. The summed E-state index contributed by atoms with van der Waals surface area (Å²) < 4.78 is 4.39. The van der Waals surface area contributed by atoms with Crippen LogP contribution in [-0.2, 0) is 21.5 Å². The summed E-state index contributed by atoms with van der Waals surface area (Å²) in [4.78, 5) is 27.0. The molecule has 4 heteroatoms. The van der Waals surface area contributed by atoms with Gasteiger partial charge in [-0.3, -0.25) is 9.59 Å². The zero-order valence-corrected chi connectivity index (χ0v) is 21.0. The Morgan fingerprint density at radius 3 is 2.35 bits per heavy atom. The van der Waals surface area contributed by atoms with Gasteiger partial charge in [0.2, 0.25) is 5.69 Å². The molecule has 2 heterocycles. The SMILES string of the molecule is Cc1c(C2C(=O)C(=CC3=[N+](C)c4ccccc4C3(C)C)C2=O)c2ccccc2n1CCC(C)C. The Bertz CT molecular complexity index is 1400. The summed E-state index contributed by atoms with van der Waals surface area (Å²) in [5, 5.41) is 1.02. The fourth-order valence-corrected chi connectivity index (χ4v) is 5.77. The lowest BCUT2D eigenvalue weighted by molar-refractivity contribution is -0.401. The molecule has 3 aromatic rings. The summed E-state index contributed by atoms with van der Waals surface area (Å²) in [6.45, 7) is 11.7. The van der Waals surface area contributed by atoms with E-state index in [-0.39, 0.29) is 17.0 Å². The van der Waals surface area contributed by atoms with Crippen LogP contribution in [0.5, 0.6) is 0 Å². The number of nitrogens with zero attached hydrogens (tertiary/aromatic N) is 2. The summed E-state index contributed by atoms with van der Waals surface area (Å²) in [5.74, 6) is -0.243. The van der Waals surface area contributed by atoms with Crippen molar-refractivity contribution in [3.63, 3.8) is 0 Å². The Labute approximate surface area is 201 Å². The summed E-state index contributed by atoms with van der Waals surface area (Å²) in [6.07, 6.45) is 2.89. The maximum absolute atomic E-state index is 13.5. The second kappa shape index (κ2) is 7.90. The van der Waals surface area contributed by atoms with Crippen LogP contribution in [0.15, 0.2) is 60.2 Å². The van der Waals surface area contributed by atoms with E-state index in [4.69, 9.17) is 0 Å². The number of carbonyl (C=O) groups is 2. The number of benzene rings is 2. The van der Waals surface area contributed by atoms with Gasteiger partial charge in [0.25, 0.3) is 0 Å². The Balaban J connectivity index is 1.54. The van der Waals surface area contributed by atoms with Crippen LogP contribution in [-0.4, -0.2) is 33.5 Å². The van der Waals surface area contributed by atoms with Crippen LogP contribution in [0.1, 0.15) is 56.9 Å². The fraction of sp³-hybridized carbons (Fsp3) is 0.367. The molecule has 0 spiro atoms. The van der Waals surface area contributed by atoms with Crippen molar-refractivity contribution in [1.29, 1.82) is 0 Å². The quantitative estimate of drug-likeness (QED) is 0.210. The molecule has 1 aromatic heterocycles. The number of carbonyl (C=O) groups excluding carboxylic acids is 2. The lowest BCUT2D eigenvalue weighted by atomic mass is 9.70. The Morgan fingerprint density at radius 2 is 1.68 bits per heavy atom. The van der Waals surface area contributed by atoms with Gasteiger partial charge in [-0.25, -0.2) is 0 Å². The molecule has 5 rings (SSSR count). The molecule has 0 unspecified atom stereocenters. The van der Waals surface area contributed by atoms with Crippen molar-refractivity contribution in [3.8, 4) is 0 Å². The van der Waals surface area contributed by atoms with E-state index in [0.717, 1.165) is 46.5 Å². The predicted octanol–water partition coefficient (Wildman–Crippen LogP) is 5.86. The summed E-state index contributed by atoms with van der Waals surface area (Å²) in [6, 6.07) is 16.4. The molecule has 1 fully saturated rings. The van der Waals surface area contributed by atoms with E-state index in [1.54, 1.807) is 0 Å². The molecular formula is C30H33N2O2+. The van der Waals surface area contributed by atoms with E-state index in [9.17, 15) is 9.59 Å². The number of aromatic nitrogens is 1. The number of hydrogen-bond donors (Lipinski definition) is 0. The zero-order valence-electron chi connectivity index (χ0n) is 21.0. The number of rotatable bonds is 5. The highest BCUT2D eigenvalue weighted by Gasteiger charge is 2.50. The first kappa shape index (κ1) is 22.5. The zero-order chi connectivity index (χ0) is 24.4. The molecule has 2 aromatic carbocycles. The van der Waals surface area contributed by atoms with Gasteiger partial charge in [0, 0.05) is 40.8 Å². The maximum atomic E-state index is 13.5. The smallest absolute Gasteiger partial charge is 0.209 e. The minimum atomic E-state index is -0.700. The molecule has 1 saturated carbocycles. The van der Waals surface area contributed by atoms with Crippen molar-refractivity contribution < 1.29 is 14.2 Å². The Morgan fingerprint density at radius 1 is 1.03 bits per heavy atom. The first-order valence-corrected chi connectivity index (χ1v) is 12.2. The molecule has 174 valence electrons. The highest BCUT2D eigenvalue weighted by molar-refractivity contribution is 6.44. The molecule has 0 N–H and O–H groups in total. The lowest BCUT2D eigenvalue weighted by Crippen LogP contribution is -2.41. The molecule has 0 bridgehead atoms. The van der Waals surface area contributed by atoms with E-state index in [1.165, 1.54) is 5.56 Å². The third kappa shape index (κ3) is 3.15. The van der Waals surface area contributed by atoms with Crippen LogP contribution in [0, 0.1) is 12.8 Å². The topological polar surface area (TPSA) is 42.1 Å². The van der Waals surface area contributed by atoms with Crippen LogP contribution < -0.4 is 0 Å². The van der Waals surface area contributed by atoms with Gasteiger partial charge in [-0.1, -0.05) is 50.2 Å². The van der Waals surface area contributed by atoms with E-state index in [1.807, 2.05) is 43.5 Å². The first-order chi connectivity index (χ1) is 16.1. The van der Waals surface area contributed by atoms with Gasteiger partial charge in [0.05, 0.1) is 11.0 Å². The predicted molar refractivity (Wildman–Crippen MR) is 137 cm³/mol. The van der Waals surface area contributed by atoms with Crippen molar-refractivity contribution in [3.05, 3.63) is 77.0 Å². The van der Waals surface area contributed by atoms with Crippen LogP contribution >= 0.6 is 0 Å². The van der Waals surface area contributed by atoms with Gasteiger partial charge < -0.3 is 4.57 Å². The van der Waals surface area contributed by atoms with Crippen LogP contribution in [0.4, 0.5) is 5.69 Å². The largest absolute Gasteiger partial charge is 0.345 e. The molecular weight excluding hydrogens is 420 g/mol. The van der Waals surface area contributed by atoms with Crippen molar-refractivity contribution in [1.82, 2.24) is 4.57 Å². The minimum Gasteiger partial charge on any atom is -0.345 e. The molecule has 2 aliphatic rings. The van der Waals surface area contributed by atoms with Crippen LogP contribution in [0.3, 0.4) is 0 Å². The highest BCUT2D eigenvalue weighted by Crippen LogP contribution is 2.44. The molecule has 0 radical (unpaired) electrons.